The molecule has 0 amide bonds. The van der Waals surface area contributed by atoms with Crippen LogP contribution in [-0.2, 0) is 17.6 Å². The first kappa shape index (κ1) is 15.0. The predicted octanol–water partition coefficient (Wildman–Crippen LogP) is 3.34. The molecule has 2 aromatic carbocycles. The second-order valence-corrected chi connectivity index (χ2v) is 5.14. The summed E-state index contributed by atoms with van der Waals surface area (Å²) in [5.41, 5.74) is 2.12. The lowest BCUT2D eigenvalue weighted by Gasteiger charge is -2.07. The van der Waals surface area contributed by atoms with Gasteiger partial charge in [-0.05, 0) is 36.6 Å². The van der Waals surface area contributed by atoms with Gasteiger partial charge in [0.25, 0.3) is 0 Å². The first-order valence-electron chi connectivity index (χ1n) is 6.94. The van der Waals surface area contributed by atoms with Gasteiger partial charge in [-0.3, -0.25) is 4.79 Å². The van der Waals surface area contributed by atoms with Gasteiger partial charge in [-0.1, -0.05) is 36.4 Å². The van der Waals surface area contributed by atoms with E-state index in [2.05, 4.69) is 0 Å². The normalized spacial score (nSPS) is 10.3. The molecule has 0 aliphatic carbocycles. The van der Waals surface area contributed by atoms with Crippen LogP contribution in [0.3, 0.4) is 0 Å². The number of rotatable bonds is 6. The van der Waals surface area contributed by atoms with Crippen LogP contribution in [0.15, 0.2) is 48.5 Å². The van der Waals surface area contributed by atoms with E-state index in [0.717, 1.165) is 11.1 Å². The number of aryl methyl sites for hydroxylation is 1. The van der Waals surface area contributed by atoms with E-state index in [1.165, 1.54) is 6.07 Å². The summed E-state index contributed by atoms with van der Waals surface area (Å²) < 4.78 is 0. The molecule has 0 aliphatic rings. The lowest BCUT2D eigenvalue weighted by atomic mass is 9.98. The molecule has 2 rings (SSSR count). The highest BCUT2D eigenvalue weighted by Gasteiger charge is 2.13. The van der Waals surface area contributed by atoms with Crippen molar-refractivity contribution in [2.24, 2.45) is 0 Å². The van der Waals surface area contributed by atoms with Crippen LogP contribution in [0.25, 0.3) is 0 Å². The van der Waals surface area contributed by atoms with E-state index in [9.17, 15) is 14.7 Å². The summed E-state index contributed by atoms with van der Waals surface area (Å²) >= 11 is 0. The molecule has 0 radical (unpaired) electrons. The van der Waals surface area contributed by atoms with Gasteiger partial charge in [0, 0.05) is 12.8 Å². The molecule has 0 saturated heterocycles. The van der Waals surface area contributed by atoms with Crippen molar-refractivity contribution < 1.29 is 14.7 Å². The molecule has 1 N–H and O–H groups in total. The fourth-order valence-corrected chi connectivity index (χ4v) is 2.16. The largest absolute Gasteiger partial charge is 0.507 e. The number of carbonyl (C=O) groups excluding carboxylic acids is 2. The van der Waals surface area contributed by atoms with Crippen molar-refractivity contribution in [3.8, 4) is 5.75 Å². The van der Waals surface area contributed by atoms with Crippen LogP contribution in [0.1, 0.15) is 34.8 Å². The molecular weight excluding hydrogens is 264 g/mol. The Labute approximate surface area is 124 Å². The zero-order chi connectivity index (χ0) is 15.2. The average Bonchev–Trinajstić information content (AvgIpc) is 2.47. The molecule has 3 heteroatoms. The molecule has 21 heavy (non-hydrogen) atoms. The average molecular weight is 282 g/mol. The zero-order valence-electron chi connectivity index (χ0n) is 12.0. The van der Waals surface area contributed by atoms with Gasteiger partial charge < -0.3 is 9.90 Å². The second-order valence-electron chi connectivity index (χ2n) is 5.14. The summed E-state index contributed by atoms with van der Waals surface area (Å²) in [4.78, 5) is 23.3. The number of carbonyl (C=O) groups is 2. The third-order valence-corrected chi connectivity index (χ3v) is 3.33. The predicted molar refractivity (Wildman–Crippen MR) is 81.6 cm³/mol. The maximum atomic E-state index is 12.3. The van der Waals surface area contributed by atoms with Crippen molar-refractivity contribution in [3.63, 3.8) is 0 Å². The van der Waals surface area contributed by atoms with Crippen molar-refractivity contribution in [1.29, 1.82) is 0 Å². The van der Waals surface area contributed by atoms with Gasteiger partial charge in [0.15, 0.2) is 5.78 Å². The summed E-state index contributed by atoms with van der Waals surface area (Å²) in [5, 5.41) is 9.87. The topological polar surface area (TPSA) is 54.4 Å². The fourth-order valence-electron chi connectivity index (χ4n) is 2.16. The van der Waals surface area contributed by atoms with Crippen LogP contribution in [0.5, 0.6) is 5.75 Å². The van der Waals surface area contributed by atoms with E-state index in [4.69, 9.17) is 0 Å². The van der Waals surface area contributed by atoms with Gasteiger partial charge >= 0.3 is 0 Å². The van der Waals surface area contributed by atoms with Gasteiger partial charge in [0.2, 0.25) is 0 Å². The number of benzene rings is 2. The van der Waals surface area contributed by atoms with E-state index in [1.807, 2.05) is 30.3 Å². The van der Waals surface area contributed by atoms with Gasteiger partial charge in [-0.2, -0.15) is 0 Å². The Kier molecular flexibility index (Phi) is 4.88. The third-order valence-electron chi connectivity index (χ3n) is 3.33. The summed E-state index contributed by atoms with van der Waals surface area (Å²) in [6.45, 7) is 1.54. The first-order valence-corrected chi connectivity index (χ1v) is 6.94. The molecule has 0 aliphatic heterocycles. The van der Waals surface area contributed by atoms with Crippen LogP contribution in [0, 0.1) is 0 Å². The Balaban J connectivity index is 2.16. The number of phenolic OH excluding ortho intramolecular Hbond substituents is 1. The first-order chi connectivity index (χ1) is 10.1. The molecular formula is C18H18O3. The number of hydrogen-bond acceptors (Lipinski definition) is 3. The Morgan fingerprint density at radius 2 is 1.71 bits per heavy atom. The van der Waals surface area contributed by atoms with Crippen LogP contribution in [0.2, 0.25) is 0 Å². The minimum absolute atomic E-state index is 0.0116. The van der Waals surface area contributed by atoms with Gasteiger partial charge in [-0.25, -0.2) is 0 Å². The fraction of sp³-hybridized carbons (Fsp3) is 0.222. The van der Waals surface area contributed by atoms with Crippen molar-refractivity contribution in [2.45, 2.75) is 26.2 Å². The second kappa shape index (κ2) is 6.84. The van der Waals surface area contributed by atoms with Gasteiger partial charge in [0.1, 0.15) is 11.5 Å². The Hall–Kier alpha value is -2.42. The van der Waals surface area contributed by atoms with Crippen LogP contribution in [0.4, 0.5) is 0 Å². The third kappa shape index (κ3) is 4.28. The Bertz CT molecular complexity index is 645. The summed E-state index contributed by atoms with van der Waals surface area (Å²) in [6.07, 6.45) is 1.28. The minimum Gasteiger partial charge on any atom is -0.507 e. The standard InChI is InChI=1S/C18H18O3/c1-13(19)7-8-15-9-10-17(20)16(11-15)18(21)12-14-5-3-2-4-6-14/h2-6,9-11,20H,7-8,12H2,1H3. The number of aromatic hydroxyl groups is 1. The molecule has 3 nitrogen and oxygen atoms in total. The lowest BCUT2D eigenvalue weighted by molar-refractivity contribution is -0.116. The van der Waals surface area contributed by atoms with Gasteiger partial charge in [0.05, 0.1) is 5.56 Å². The highest BCUT2D eigenvalue weighted by Crippen LogP contribution is 2.21. The molecule has 2 aromatic rings. The monoisotopic (exact) mass is 282 g/mol. The summed E-state index contributed by atoms with van der Waals surface area (Å²) in [7, 11) is 0. The highest BCUT2D eigenvalue weighted by atomic mass is 16.3. The molecule has 0 unspecified atom stereocenters. The number of phenols is 1. The lowest BCUT2D eigenvalue weighted by Crippen LogP contribution is -2.05. The smallest absolute Gasteiger partial charge is 0.170 e. The molecule has 0 saturated carbocycles. The Morgan fingerprint density at radius 1 is 1.00 bits per heavy atom. The molecule has 0 aromatic heterocycles. The van der Waals surface area contributed by atoms with Gasteiger partial charge in [-0.15, -0.1) is 0 Å². The van der Waals surface area contributed by atoms with E-state index < -0.39 is 0 Å². The maximum Gasteiger partial charge on any atom is 0.170 e. The van der Waals surface area contributed by atoms with Crippen LogP contribution < -0.4 is 0 Å². The maximum absolute atomic E-state index is 12.3. The summed E-state index contributed by atoms with van der Waals surface area (Å²) in [6, 6.07) is 14.4. The zero-order valence-corrected chi connectivity index (χ0v) is 12.0. The van der Waals surface area contributed by atoms with Crippen molar-refractivity contribution >= 4 is 11.6 Å². The van der Waals surface area contributed by atoms with Crippen LogP contribution in [-0.4, -0.2) is 16.7 Å². The van der Waals surface area contributed by atoms with Crippen molar-refractivity contribution in [3.05, 3.63) is 65.2 Å². The van der Waals surface area contributed by atoms with E-state index in [0.29, 0.717) is 18.4 Å². The molecule has 0 bridgehead atoms. The quantitative estimate of drug-likeness (QED) is 0.827. The minimum atomic E-state index is -0.122. The van der Waals surface area contributed by atoms with E-state index in [-0.39, 0.29) is 23.7 Å². The van der Waals surface area contributed by atoms with Crippen molar-refractivity contribution in [2.75, 3.05) is 0 Å². The highest BCUT2D eigenvalue weighted by molar-refractivity contribution is 6.00. The van der Waals surface area contributed by atoms with E-state index >= 15 is 0 Å². The van der Waals surface area contributed by atoms with E-state index in [1.54, 1.807) is 19.1 Å². The number of Topliss-reactive ketones (excluding diaryl/α,β-unsaturated/α-hetero) is 2. The van der Waals surface area contributed by atoms with Crippen LogP contribution >= 0.6 is 0 Å². The molecule has 0 heterocycles. The molecule has 0 fully saturated rings. The Morgan fingerprint density at radius 3 is 2.38 bits per heavy atom. The number of hydrogen-bond donors (Lipinski definition) is 1. The molecule has 0 atom stereocenters. The molecule has 0 spiro atoms. The molecule has 108 valence electrons. The van der Waals surface area contributed by atoms with Crippen molar-refractivity contribution in [1.82, 2.24) is 0 Å². The summed E-state index contributed by atoms with van der Waals surface area (Å²) in [5.74, 6) is -0.0221. The number of ketones is 2. The SMILES string of the molecule is CC(=O)CCc1ccc(O)c(C(=O)Cc2ccccc2)c1.